The SMILES string of the molecule is CCNCC.O=[P+]([O-])O.[Zn]. The van der Waals surface area contributed by atoms with Gasteiger partial charge in [-0.15, -0.1) is 0 Å². The van der Waals surface area contributed by atoms with E-state index in [2.05, 4.69) is 19.2 Å². The fourth-order valence-electron chi connectivity index (χ4n) is 0.250. The number of hydrogen-bond donors (Lipinski definition) is 2. The molecule has 0 bridgehead atoms. The van der Waals surface area contributed by atoms with E-state index in [0.717, 1.165) is 13.1 Å². The van der Waals surface area contributed by atoms with Crippen LogP contribution in [0.25, 0.3) is 0 Å². The Kier molecular flexibility index (Phi) is 27.6. The van der Waals surface area contributed by atoms with Gasteiger partial charge < -0.3 is 10.2 Å². The van der Waals surface area contributed by atoms with Gasteiger partial charge in [0.25, 0.3) is 0 Å². The van der Waals surface area contributed by atoms with E-state index in [-0.39, 0.29) is 19.5 Å². The van der Waals surface area contributed by atoms with Crippen molar-refractivity contribution in [2.24, 2.45) is 0 Å². The summed E-state index contributed by atoms with van der Waals surface area (Å²) >= 11 is 0. The van der Waals surface area contributed by atoms with Crippen LogP contribution < -0.4 is 10.2 Å². The zero-order valence-corrected chi connectivity index (χ0v) is 10.2. The summed E-state index contributed by atoms with van der Waals surface area (Å²) < 4.78 is 8.59. The minimum atomic E-state index is -3.12. The Labute approximate surface area is 74.7 Å². The molecule has 1 unspecified atom stereocenters. The summed E-state index contributed by atoms with van der Waals surface area (Å²) in [6.07, 6.45) is 0. The van der Waals surface area contributed by atoms with Crippen molar-refractivity contribution in [2.75, 3.05) is 13.1 Å². The molecule has 0 fully saturated rings. The standard InChI is InChI=1S/C4H11N.HO3P.Zn/c1-3-5-4-2;1-4(2)3;/h5H,3-4H2,1-2H3;(H,1,2,3);. The first-order valence-corrected chi connectivity index (χ1v) is 3.82. The van der Waals surface area contributed by atoms with Crippen molar-refractivity contribution in [2.45, 2.75) is 13.8 Å². The summed E-state index contributed by atoms with van der Waals surface area (Å²) in [6, 6.07) is 0. The number of rotatable bonds is 2. The van der Waals surface area contributed by atoms with Gasteiger partial charge in [-0.2, -0.15) is 4.89 Å². The average Bonchev–Trinajstić information content (AvgIpc) is 1.66. The Hall–Kier alpha value is 0.603. The fourth-order valence-corrected chi connectivity index (χ4v) is 0.250. The predicted molar refractivity (Wildman–Crippen MR) is 34.0 cm³/mol. The molecule has 0 amide bonds. The first kappa shape index (κ1) is 16.9. The Morgan fingerprint density at radius 3 is 1.70 bits per heavy atom. The summed E-state index contributed by atoms with van der Waals surface area (Å²) in [6.45, 7) is 6.39. The van der Waals surface area contributed by atoms with Crippen molar-refractivity contribution in [1.29, 1.82) is 0 Å². The van der Waals surface area contributed by atoms with Gasteiger partial charge in [0.05, 0.1) is 0 Å². The predicted octanol–water partition coefficient (Wildman–Crippen LogP) is -0.390. The molecular weight excluding hydrogens is 206 g/mol. The minimum Gasteiger partial charge on any atom is -0.567 e. The van der Waals surface area contributed by atoms with Gasteiger partial charge in [-0.1, -0.05) is 13.8 Å². The van der Waals surface area contributed by atoms with E-state index < -0.39 is 8.25 Å². The molecule has 0 aliphatic rings. The monoisotopic (exact) mass is 217 g/mol. The van der Waals surface area contributed by atoms with Crippen molar-refractivity contribution in [3.63, 3.8) is 0 Å². The summed E-state index contributed by atoms with van der Waals surface area (Å²) in [4.78, 5) is 15.6. The van der Waals surface area contributed by atoms with E-state index in [9.17, 15) is 0 Å². The Morgan fingerprint density at radius 1 is 1.50 bits per heavy atom. The van der Waals surface area contributed by atoms with E-state index in [0.29, 0.717) is 0 Å². The molecule has 0 aliphatic heterocycles. The van der Waals surface area contributed by atoms with Crippen molar-refractivity contribution >= 4 is 8.25 Å². The topological polar surface area (TPSA) is 72.4 Å². The van der Waals surface area contributed by atoms with Gasteiger partial charge >= 0.3 is 8.25 Å². The van der Waals surface area contributed by atoms with Crippen LogP contribution in [0.4, 0.5) is 0 Å². The van der Waals surface area contributed by atoms with E-state index in [1.807, 2.05) is 0 Å². The molecule has 0 saturated heterocycles. The first-order chi connectivity index (χ1) is 4.15. The Morgan fingerprint density at radius 2 is 1.70 bits per heavy atom. The van der Waals surface area contributed by atoms with Crippen LogP contribution in [0, 0.1) is 0 Å². The fraction of sp³-hybridized carbons (Fsp3) is 1.00. The third kappa shape index (κ3) is 73.4. The van der Waals surface area contributed by atoms with E-state index >= 15 is 0 Å². The number of hydrogen-bond acceptors (Lipinski definition) is 3. The Balaban J connectivity index is -0.0000000910. The van der Waals surface area contributed by atoms with Crippen molar-refractivity contribution in [3.05, 3.63) is 0 Å². The normalized spacial score (nSPS) is 8.60. The van der Waals surface area contributed by atoms with Crippen molar-refractivity contribution in [1.82, 2.24) is 5.32 Å². The first-order valence-electron chi connectivity index (χ1n) is 2.69. The molecule has 1 atom stereocenters. The Bertz CT molecular complexity index is 67.5. The average molecular weight is 219 g/mol. The summed E-state index contributed by atoms with van der Waals surface area (Å²) in [5.41, 5.74) is 0. The second-order valence-electron chi connectivity index (χ2n) is 1.19. The molecule has 10 heavy (non-hydrogen) atoms. The van der Waals surface area contributed by atoms with Gasteiger partial charge in [-0.3, -0.25) is 0 Å². The van der Waals surface area contributed by atoms with Crippen LogP contribution in [0.5, 0.6) is 0 Å². The smallest absolute Gasteiger partial charge is 0.485 e. The third-order valence-electron chi connectivity index (χ3n) is 0.500. The van der Waals surface area contributed by atoms with Crippen LogP contribution in [0.2, 0.25) is 0 Å². The second-order valence-corrected chi connectivity index (χ2v) is 1.67. The van der Waals surface area contributed by atoms with Gasteiger partial charge in [0, 0.05) is 19.5 Å². The molecule has 4 nitrogen and oxygen atoms in total. The maximum absolute atomic E-state index is 8.59. The van der Waals surface area contributed by atoms with Crippen LogP contribution in [0.3, 0.4) is 0 Å². The molecule has 0 radical (unpaired) electrons. The maximum Gasteiger partial charge on any atom is 0.485 e. The zero-order chi connectivity index (χ0) is 7.70. The van der Waals surface area contributed by atoms with Gasteiger partial charge in [0.15, 0.2) is 0 Å². The summed E-state index contributed by atoms with van der Waals surface area (Å²) in [5, 5.41) is 3.11. The largest absolute Gasteiger partial charge is 0.567 e. The van der Waals surface area contributed by atoms with E-state index in [1.54, 1.807) is 0 Å². The molecule has 58 valence electrons. The molecule has 0 rings (SSSR count). The van der Waals surface area contributed by atoms with E-state index in [1.165, 1.54) is 0 Å². The van der Waals surface area contributed by atoms with Crippen molar-refractivity contribution in [3.8, 4) is 0 Å². The van der Waals surface area contributed by atoms with Crippen LogP contribution in [0.1, 0.15) is 13.8 Å². The van der Waals surface area contributed by atoms with Crippen LogP contribution in [0.15, 0.2) is 0 Å². The molecule has 0 aromatic rings. The molecule has 0 aromatic carbocycles. The molecule has 0 heterocycles. The summed E-state index contributed by atoms with van der Waals surface area (Å²) in [5.74, 6) is 0. The zero-order valence-electron chi connectivity index (χ0n) is 6.33. The van der Waals surface area contributed by atoms with Gasteiger partial charge in [-0.25, -0.2) is 0 Å². The third-order valence-corrected chi connectivity index (χ3v) is 0.500. The quantitative estimate of drug-likeness (QED) is 0.489. The van der Waals surface area contributed by atoms with E-state index in [4.69, 9.17) is 14.4 Å². The van der Waals surface area contributed by atoms with Gasteiger partial charge in [0.1, 0.15) is 0 Å². The van der Waals surface area contributed by atoms with Crippen molar-refractivity contribution < 1.29 is 33.8 Å². The molecule has 0 aromatic heterocycles. The van der Waals surface area contributed by atoms with Crippen LogP contribution in [-0.4, -0.2) is 18.0 Å². The van der Waals surface area contributed by atoms with Crippen LogP contribution >= 0.6 is 8.25 Å². The summed E-state index contributed by atoms with van der Waals surface area (Å²) in [7, 11) is -3.12. The molecular formula is C4H12NO3PZn. The second kappa shape index (κ2) is 16.3. The molecule has 0 spiro atoms. The molecule has 0 saturated carbocycles. The molecule has 6 heteroatoms. The minimum absolute atomic E-state index is 0. The molecule has 0 aliphatic carbocycles. The van der Waals surface area contributed by atoms with Gasteiger partial charge in [-0.05, 0) is 17.7 Å². The van der Waals surface area contributed by atoms with Gasteiger partial charge in [0.2, 0.25) is 0 Å². The van der Waals surface area contributed by atoms with Crippen LogP contribution in [-0.2, 0) is 24.0 Å². The maximum atomic E-state index is 8.59. The number of nitrogens with one attached hydrogen (secondary N) is 1. The molecule has 2 N–H and O–H groups in total.